The summed E-state index contributed by atoms with van der Waals surface area (Å²) in [5, 5.41) is 12.7. The summed E-state index contributed by atoms with van der Waals surface area (Å²) in [6, 6.07) is 12.9. The molecule has 1 fully saturated rings. The van der Waals surface area contributed by atoms with Crippen molar-refractivity contribution >= 4 is 5.91 Å². The van der Waals surface area contributed by atoms with Gasteiger partial charge in [-0.25, -0.2) is 0 Å². The number of nitrogens with one attached hydrogen (secondary N) is 1. The number of phenolic OH excluding ortho intramolecular Hbond substituents is 1. The lowest BCUT2D eigenvalue weighted by atomic mass is 10.1. The van der Waals surface area contributed by atoms with Crippen LogP contribution in [-0.2, 0) is 13.1 Å². The first-order valence-corrected chi connectivity index (χ1v) is 9.76. The number of rotatable bonds is 7. The molecule has 6 nitrogen and oxygen atoms in total. The van der Waals surface area contributed by atoms with Gasteiger partial charge < -0.3 is 20.1 Å². The number of amides is 1. The van der Waals surface area contributed by atoms with E-state index in [1.54, 1.807) is 6.07 Å². The number of nitrogens with zero attached hydrogens (tertiary/aromatic N) is 2. The van der Waals surface area contributed by atoms with Crippen molar-refractivity contribution in [1.82, 2.24) is 15.1 Å². The lowest BCUT2D eigenvalue weighted by Gasteiger charge is -2.34. The molecule has 0 aromatic heterocycles. The smallest absolute Gasteiger partial charge is 0.255 e. The maximum atomic E-state index is 12.4. The van der Waals surface area contributed by atoms with Crippen LogP contribution in [0.1, 0.15) is 28.4 Å². The van der Waals surface area contributed by atoms with Gasteiger partial charge in [0.1, 0.15) is 11.5 Å². The summed E-state index contributed by atoms with van der Waals surface area (Å²) < 4.78 is 5.11. The zero-order valence-corrected chi connectivity index (χ0v) is 16.6. The second-order valence-electron chi connectivity index (χ2n) is 7.09. The molecular weight excluding hydrogens is 354 g/mol. The number of hydrogen-bond donors (Lipinski definition) is 2. The van der Waals surface area contributed by atoms with E-state index in [0.29, 0.717) is 12.3 Å². The van der Waals surface area contributed by atoms with Crippen LogP contribution in [0.15, 0.2) is 42.5 Å². The predicted octanol–water partition coefficient (Wildman–Crippen LogP) is 2.47. The van der Waals surface area contributed by atoms with Crippen LogP contribution in [0.3, 0.4) is 0 Å². The Morgan fingerprint density at radius 1 is 1.04 bits per heavy atom. The van der Waals surface area contributed by atoms with E-state index in [2.05, 4.69) is 34.2 Å². The number of aromatic hydroxyl groups is 1. The van der Waals surface area contributed by atoms with Crippen LogP contribution in [0.2, 0.25) is 0 Å². The van der Waals surface area contributed by atoms with Crippen LogP contribution in [0, 0.1) is 0 Å². The Labute approximate surface area is 166 Å². The Hall–Kier alpha value is -2.57. The zero-order valence-electron chi connectivity index (χ0n) is 16.6. The van der Waals surface area contributed by atoms with Gasteiger partial charge in [-0.2, -0.15) is 0 Å². The second-order valence-corrected chi connectivity index (χ2v) is 7.09. The van der Waals surface area contributed by atoms with Crippen molar-refractivity contribution in [2.75, 3.05) is 39.8 Å². The highest BCUT2D eigenvalue weighted by Crippen LogP contribution is 2.22. The van der Waals surface area contributed by atoms with E-state index in [1.165, 1.54) is 24.8 Å². The highest BCUT2D eigenvalue weighted by atomic mass is 16.5. The van der Waals surface area contributed by atoms with Gasteiger partial charge in [-0.3, -0.25) is 9.69 Å². The molecule has 1 amide bonds. The van der Waals surface area contributed by atoms with Crippen LogP contribution in [0.4, 0.5) is 0 Å². The van der Waals surface area contributed by atoms with Crippen LogP contribution in [0.5, 0.6) is 11.5 Å². The molecule has 0 atom stereocenters. The Morgan fingerprint density at radius 3 is 2.32 bits per heavy atom. The Morgan fingerprint density at radius 2 is 1.68 bits per heavy atom. The van der Waals surface area contributed by atoms with E-state index in [-0.39, 0.29) is 17.2 Å². The molecule has 1 saturated heterocycles. The highest BCUT2D eigenvalue weighted by Gasteiger charge is 2.15. The molecule has 150 valence electrons. The number of methoxy groups -OCH3 is 1. The summed E-state index contributed by atoms with van der Waals surface area (Å²) >= 11 is 0. The Balaban J connectivity index is 1.51. The summed E-state index contributed by atoms with van der Waals surface area (Å²) in [5.74, 6) is 0.151. The number of piperazine rings is 1. The van der Waals surface area contributed by atoms with Crippen molar-refractivity contribution in [3.05, 3.63) is 59.2 Å². The van der Waals surface area contributed by atoms with Crippen molar-refractivity contribution in [2.24, 2.45) is 0 Å². The first-order chi connectivity index (χ1) is 13.6. The van der Waals surface area contributed by atoms with E-state index < -0.39 is 0 Å². The molecule has 1 aliphatic heterocycles. The van der Waals surface area contributed by atoms with Gasteiger partial charge in [-0.15, -0.1) is 0 Å². The second kappa shape index (κ2) is 9.57. The third-order valence-corrected chi connectivity index (χ3v) is 5.24. The van der Waals surface area contributed by atoms with Gasteiger partial charge >= 0.3 is 0 Å². The van der Waals surface area contributed by atoms with Crippen LogP contribution in [-0.4, -0.2) is 60.6 Å². The molecule has 0 unspecified atom stereocenters. The van der Waals surface area contributed by atoms with Crippen LogP contribution < -0.4 is 10.1 Å². The molecule has 0 spiro atoms. The standard InChI is InChI=1S/C22H29N3O3/c1-3-24-10-12-25(13-11-24)16-18-6-4-17(5-7-18)15-23-22(27)20-14-19(28-2)8-9-21(20)26/h4-9,14,26H,3,10-13,15-16H2,1-2H3,(H,23,27). The molecule has 6 heteroatoms. The quantitative estimate of drug-likeness (QED) is 0.769. The van der Waals surface area contributed by atoms with E-state index in [9.17, 15) is 9.90 Å². The summed E-state index contributed by atoms with van der Waals surface area (Å²) in [5.41, 5.74) is 2.52. The molecule has 2 aromatic carbocycles. The van der Waals surface area contributed by atoms with Crippen molar-refractivity contribution in [1.29, 1.82) is 0 Å². The van der Waals surface area contributed by atoms with Gasteiger partial charge in [0.2, 0.25) is 0 Å². The molecule has 0 aliphatic carbocycles. The first kappa shape index (κ1) is 20.2. The van der Waals surface area contributed by atoms with Gasteiger partial charge in [0, 0.05) is 39.3 Å². The van der Waals surface area contributed by atoms with Gasteiger partial charge in [-0.05, 0) is 35.9 Å². The molecule has 28 heavy (non-hydrogen) atoms. The summed E-state index contributed by atoms with van der Waals surface area (Å²) in [6.45, 7) is 9.19. The molecule has 0 bridgehead atoms. The lowest BCUT2D eigenvalue weighted by Crippen LogP contribution is -2.45. The number of ether oxygens (including phenoxy) is 1. The lowest BCUT2D eigenvalue weighted by molar-refractivity contribution is 0.0948. The van der Waals surface area contributed by atoms with Gasteiger partial charge in [0.05, 0.1) is 12.7 Å². The summed E-state index contributed by atoms with van der Waals surface area (Å²) in [6.07, 6.45) is 0. The maximum absolute atomic E-state index is 12.4. The fourth-order valence-electron chi connectivity index (χ4n) is 3.39. The van der Waals surface area contributed by atoms with E-state index in [4.69, 9.17) is 4.74 Å². The van der Waals surface area contributed by atoms with Crippen molar-refractivity contribution in [3.63, 3.8) is 0 Å². The molecule has 1 heterocycles. The number of carbonyl (C=O) groups excluding carboxylic acids is 1. The number of benzene rings is 2. The average molecular weight is 383 g/mol. The Kier molecular flexibility index (Phi) is 6.90. The molecule has 0 radical (unpaired) electrons. The largest absolute Gasteiger partial charge is 0.507 e. The minimum Gasteiger partial charge on any atom is -0.507 e. The predicted molar refractivity (Wildman–Crippen MR) is 110 cm³/mol. The SMILES string of the molecule is CCN1CCN(Cc2ccc(CNC(=O)c3cc(OC)ccc3O)cc2)CC1. The number of phenols is 1. The monoisotopic (exact) mass is 383 g/mol. The minimum absolute atomic E-state index is 0.0585. The molecule has 1 aliphatic rings. The van der Waals surface area contributed by atoms with Gasteiger partial charge in [0.25, 0.3) is 5.91 Å². The fraction of sp³-hybridized carbons (Fsp3) is 0.409. The third-order valence-electron chi connectivity index (χ3n) is 5.24. The number of likely N-dealkylation sites (N-methyl/N-ethyl adjacent to an activating group) is 1. The van der Waals surface area contributed by atoms with Crippen molar-refractivity contribution in [2.45, 2.75) is 20.0 Å². The minimum atomic E-state index is -0.325. The highest BCUT2D eigenvalue weighted by molar-refractivity contribution is 5.97. The Bertz CT molecular complexity index is 784. The molecule has 2 aromatic rings. The zero-order chi connectivity index (χ0) is 19.9. The van der Waals surface area contributed by atoms with E-state index in [1.807, 2.05) is 12.1 Å². The molecular formula is C22H29N3O3. The maximum Gasteiger partial charge on any atom is 0.255 e. The summed E-state index contributed by atoms with van der Waals surface area (Å²) in [4.78, 5) is 17.3. The summed E-state index contributed by atoms with van der Waals surface area (Å²) in [7, 11) is 1.53. The molecule has 2 N–H and O–H groups in total. The first-order valence-electron chi connectivity index (χ1n) is 9.76. The topological polar surface area (TPSA) is 65.0 Å². The molecule has 3 rings (SSSR count). The normalized spacial score (nSPS) is 15.4. The van der Waals surface area contributed by atoms with Crippen molar-refractivity contribution < 1.29 is 14.6 Å². The van der Waals surface area contributed by atoms with Crippen LogP contribution >= 0.6 is 0 Å². The number of carbonyl (C=O) groups is 1. The number of hydrogen-bond acceptors (Lipinski definition) is 5. The fourth-order valence-corrected chi connectivity index (χ4v) is 3.39. The van der Waals surface area contributed by atoms with Crippen LogP contribution in [0.25, 0.3) is 0 Å². The van der Waals surface area contributed by atoms with E-state index >= 15 is 0 Å². The molecule has 0 saturated carbocycles. The van der Waals surface area contributed by atoms with Crippen molar-refractivity contribution in [3.8, 4) is 11.5 Å². The van der Waals surface area contributed by atoms with Gasteiger partial charge in [-0.1, -0.05) is 31.2 Å². The average Bonchev–Trinajstić information content (AvgIpc) is 2.74. The van der Waals surface area contributed by atoms with E-state index in [0.717, 1.165) is 44.8 Å². The third kappa shape index (κ3) is 5.24. The van der Waals surface area contributed by atoms with Gasteiger partial charge in [0.15, 0.2) is 0 Å².